The zero-order chi connectivity index (χ0) is 16.4. The summed E-state index contributed by atoms with van der Waals surface area (Å²) in [5.74, 6) is -0.591. The highest BCUT2D eigenvalue weighted by Gasteiger charge is 2.27. The molecule has 2 heterocycles. The second-order valence-corrected chi connectivity index (χ2v) is 5.40. The average Bonchev–Trinajstić information content (AvgIpc) is 2.60. The van der Waals surface area contributed by atoms with Crippen LogP contribution < -0.4 is 4.90 Å². The lowest BCUT2D eigenvalue weighted by Crippen LogP contribution is -2.36. The lowest BCUT2D eigenvalue weighted by atomic mass is 9.96. The first-order valence-electron chi connectivity index (χ1n) is 7.42. The van der Waals surface area contributed by atoms with E-state index in [0.29, 0.717) is 17.8 Å². The molecule has 6 nitrogen and oxygen atoms in total. The predicted octanol–water partition coefficient (Wildman–Crippen LogP) is 2.16. The quantitative estimate of drug-likeness (QED) is 0.795. The molecule has 6 heteroatoms. The molecule has 1 amide bonds. The van der Waals surface area contributed by atoms with Crippen LogP contribution in [0.5, 0.6) is 0 Å². The lowest BCUT2D eigenvalue weighted by molar-refractivity contribution is 0.0599. The minimum Gasteiger partial charge on any atom is -0.465 e. The maximum Gasteiger partial charge on any atom is 0.338 e. The molecule has 1 aromatic carbocycles. The van der Waals surface area contributed by atoms with E-state index >= 15 is 0 Å². The predicted molar refractivity (Wildman–Crippen MR) is 84.5 cm³/mol. The van der Waals surface area contributed by atoms with Crippen molar-refractivity contribution in [1.82, 2.24) is 9.97 Å². The molecule has 0 unspecified atom stereocenters. The van der Waals surface area contributed by atoms with Crippen LogP contribution in [-0.4, -0.2) is 35.5 Å². The van der Waals surface area contributed by atoms with Crippen LogP contribution in [0, 0.1) is 6.92 Å². The largest absolute Gasteiger partial charge is 0.465 e. The van der Waals surface area contributed by atoms with Gasteiger partial charge in [-0.2, -0.15) is 0 Å². The molecule has 0 spiro atoms. The van der Waals surface area contributed by atoms with E-state index in [4.69, 9.17) is 4.74 Å². The topological polar surface area (TPSA) is 72.4 Å². The summed E-state index contributed by atoms with van der Waals surface area (Å²) in [4.78, 5) is 34.6. The van der Waals surface area contributed by atoms with Gasteiger partial charge in [-0.15, -0.1) is 0 Å². The smallest absolute Gasteiger partial charge is 0.338 e. The molecular weight excluding hydrogens is 294 g/mol. The SMILES string of the molecule is COC(=O)c1cccc2c1CCCN2C(=O)c1cnc(C)cn1. The van der Waals surface area contributed by atoms with Crippen molar-refractivity contribution >= 4 is 17.6 Å². The van der Waals surface area contributed by atoms with Crippen LogP contribution in [0.15, 0.2) is 30.6 Å². The molecular formula is C17H17N3O3. The molecule has 3 rings (SSSR count). The number of ether oxygens (including phenoxy) is 1. The Morgan fingerprint density at radius 1 is 1.22 bits per heavy atom. The number of methoxy groups -OCH3 is 1. The Labute approximate surface area is 134 Å². The first kappa shape index (κ1) is 15.1. The summed E-state index contributed by atoms with van der Waals surface area (Å²) in [6, 6.07) is 5.34. The molecule has 0 saturated carbocycles. The van der Waals surface area contributed by atoms with Crippen molar-refractivity contribution in [2.24, 2.45) is 0 Å². The van der Waals surface area contributed by atoms with E-state index in [1.54, 1.807) is 23.2 Å². The Morgan fingerprint density at radius 2 is 2.04 bits per heavy atom. The van der Waals surface area contributed by atoms with Gasteiger partial charge in [0.25, 0.3) is 5.91 Å². The van der Waals surface area contributed by atoms with E-state index in [0.717, 1.165) is 29.8 Å². The van der Waals surface area contributed by atoms with Crippen molar-refractivity contribution in [3.8, 4) is 0 Å². The van der Waals surface area contributed by atoms with Gasteiger partial charge in [-0.3, -0.25) is 9.78 Å². The average molecular weight is 311 g/mol. The zero-order valence-electron chi connectivity index (χ0n) is 13.1. The van der Waals surface area contributed by atoms with Gasteiger partial charge < -0.3 is 9.64 Å². The number of rotatable bonds is 2. The third-order valence-electron chi connectivity index (χ3n) is 3.90. The number of hydrogen-bond donors (Lipinski definition) is 0. The number of amides is 1. The van der Waals surface area contributed by atoms with Gasteiger partial charge in [-0.25, -0.2) is 9.78 Å². The maximum atomic E-state index is 12.7. The van der Waals surface area contributed by atoms with Gasteiger partial charge in [0.05, 0.1) is 24.6 Å². The second kappa shape index (κ2) is 6.16. The van der Waals surface area contributed by atoms with Gasteiger partial charge >= 0.3 is 5.97 Å². The number of hydrogen-bond acceptors (Lipinski definition) is 5. The van der Waals surface area contributed by atoms with Crippen molar-refractivity contribution < 1.29 is 14.3 Å². The maximum absolute atomic E-state index is 12.7. The van der Waals surface area contributed by atoms with Crippen molar-refractivity contribution in [2.45, 2.75) is 19.8 Å². The highest BCUT2D eigenvalue weighted by atomic mass is 16.5. The summed E-state index contributed by atoms with van der Waals surface area (Å²) in [7, 11) is 1.36. The first-order valence-corrected chi connectivity index (χ1v) is 7.42. The number of fused-ring (bicyclic) bond motifs is 1. The number of aromatic nitrogens is 2. The van der Waals surface area contributed by atoms with E-state index in [1.807, 2.05) is 13.0 Å². The molecule has 0 atom stereocenters. The highest BCUT2D eigenvalue weighted by molar-refractivity contribution is 6.06. The summed E-state index contributed by atoms with van der Waals surface area (Å²) in [5.41, 5.74) is 3.16. The fourth-order valence-corrected chi connectivity index (χ4v) is 2.78. The molecule has 1 aliphatic rings. The number of carbonyl (C=O) groups excluding carboxylic acids is 2. The zero-order valence-corrected chi connectivity index (χ0v) is 13.1. The van der Waals surface area contributed by atoms with Crippen LogP contribution >= 0.6 is 0 Å². The number of benzene rings is 1. The molecule has 0 bridgehead atoms. The molecule has 2 aromatic rings. The van der Waals surface area contributed by atoms with Gasteiger partial charge in [0.15, 0.2) is 0 Å². The number of carbonyl (C=O) groups is 2. The minimum atomic E-state index is -0.383. The summed E-state index contributed by atoms with van der Waals surface area (Å²) < 4.78 is 4.83. The van der Waals surface area contributed by atoms with Gasteiger partial charge in [0.2, 0.25) is 0 Å². The molecule has 1 aliphatic heterocycles. The van der Waals surface area contributed by atoms with Crippen molar-refractivity contribution in [3.05, 3.63) is 53.1 Å². The van der Waals surface area contributed by atoms with Crippen LogP contribution in [0.3, 0.4) is 0 Å². The van der Waals surface area contributed by atoms with E-state index < -0.39 is 0 Å². The first-order chi connectivity index (χ1) is 11.1. The van der Waals surface area contributed by atoms with E-state index in [-0.39, 0.29) is 11.9 Å². The van der Waals surface area contributed by atoms with E-state index in [9.17, 15) is 9.59 Å². The van der Waals surface area contributed by atoms with Gasteiger partial charge in [0.1, 0.15) is 5.69 Å². The summed E-state index contributed by atoms with van der Waals surface area (Å²) in [5, 5.41) is 0. The van der Waals surface area contributed by atoms with E-state index in [2.05, 4.69) is 9.97 Å². The number of esters is 1. The van der Waals surface area contributed by atoms with Gasteiger partial charge in [-0.05, 0) is 37.5 Å². The standard InChI is InChI=1S/C17H17N3O3/c1-11-9-19-14(10-18-11)16(21)20-8-4-6-12-13(17(22)23-2)5-3-7-15(12)20/h3,5,7,9-10H,4,6,8H2,1-2H3. The molecule has 0 N–H and O–H groups in total. The highest BCUT2D eigenvalue weighted by Crippen LogP contribution is 2.31. The Balaban J connectivity index is 2.00. The van der Waals surface area contributed by atoms with Crippen molar-refractivity contribution in [2.75, 3.05) is 18.6 Å². The second-order valence-electron chi connectivity index (χ2n) is 5.40. The van der Waals surface area contributed by atoms with Crippen molar-refractivity contribution in [3.63, 3.8) is 0 Å². The Hall–Kier alpha value is -2.76. The molecule has 0 saturated heterocycles. The minimum absolute atomic E-state index is 0.208. The summed E-state index contributed by atoms with van der Waals surface area (Å²) >= 11 is 0. The molecule has 0 radical (unpaired) electrons. The Kier molecular flexibility index (Phi) is 4.06. The van der Waals surface area contributed by atoms with Crippen LogP contribution in [0.4, 0.5) is 5.69 Å². The van der Waals surface area contributed by atoms with Crippen LogP contribution in [0.1, 0.15) is 38.5 Å². The lowest BCUT2D eigenvalue weighted by Gasteiger charge is -2.30. The Bertz CT molecular complexity index is 756. The summed E-state index contributed by atoms with van der Waals surface area (Å²) in [6.07, 6.45) is 4.58. The van der Waals surface area contributed by atoms with Crippen LogP contribution in [0.25, 0.3) is 0 Å². The third-order valence-corrected chi connectivity index (χ3v) is 3.90. The number of aryl methyl sites for hydroxylation is 1. The monoisotopic (exact) mass is 311 g/mol. The molecule has 0 aliphatic carbocycles. The normalized spacial score (nSPS) is 13.4. The molecule has 0 fully saturated rings. The fourth-order valence-electron chi connectivity index (χ4n) is 2.78. The third kappa shape index (κ3) is 2.79. The fraction of sp³-hybridized carbons (Fsp3) is 0.294. The number of anilines is 1. The number of nitrogens with zero attached hydrogens (tertiary/aromatic N) is 3. The van der Waals surface area contributed by atoms with E-state index in [1.165, 1.54) is 13.3 Å². The molecule has 1 aromatic heterocycles. The van der Waals surface area contributed by atoms with Crippen LogP contribution in [-0.2, 0) is 11.2 Å². The van der Waals surface area contributed by atoms with Gasteiger partial charge in [-0.1, -0.05) is 6.07 Å². The van der Waals surface area contributed by atoms with Crippen molar-refractivity contribution in [1.29, 1.82) is 0 Å². The molecule has 23 heavy (non-hydrogen) atoms. The Morgan fingerprint density at radius 3 is 2.74 bits per heavy atom. The van der Waals surface area contributed by atoms with Crippen LogP contribution in [0.2, 0.25) is 0 Å². The molecule has 118 valence electrons. The summed E-state index contributed by atoms with van der Waals surface area (Å²) in [6.45, 7) is 2.41. The van der Waals surface area contributed by atoms with Gasteiger partial charge in [0, 0.05) is 18.4 Å².